The molecular formula is C41H45N5O5. The number of anilines is 1. The van der Waals surface area contributed by atoms with Crippen molar-refractivity contribution < 1.29 is 24.3 Å². The van der Waals surface area contributed by atoms with E-state index in [2.05, 4.69) is 32.3 Å². The Kier molecular flexibility index (Phi) is 9.18. The normalized spacial score (nSPS) is 16.0. The zero-order valence-electron chi connectivity index (χ0n) is 29.5. The number of amides is 3. The average molecular weight is 688 g/mol. The summed E-state index contributed by atoms with van der Waals surface area (Å²) < 4.78 is 2.08. The van der Waals surface area contributed by atoms with E-state index in [1.165, 1.54) is 12.0 Å². The van der Waals surface area contributed by atoms with E-state index >= 15 is 0 Å². The Hall–Kier alpha value is -5.38. The van der Waals surface area contributed by atoms with Gasteiger partial charge >= 0.3 is 5.97 Å². The van der Waals surface area contributed by atoms with E-state index in [0.717, 1.165) is 60.7 Å². The molecule has 10 nitrogen and oxygen atoms in total. The lowest BCUT2D eigenvalue weighted by Crippen LogP contribution is -2.55. The van der Waals surface area contributed by atoms with Crippen LogP contribution in [0.5, 0.6) is 0 Å². The van der Waals surface area contributed by atoms with E-state index in [-0.39, 0.29) is 30.0 Å². The van der Waals surface area contributed by atoms with E-state index in [4.69, 9.17) is 0 Å². The van der Waals surface area contributed by atoms with Crippen LogP contribution >= 0.6 is 0 Å². The lowest BCUT2D eigenvalue weighted by atomic mass is 9.81. The number of aromatic amines is 1. The van der Waals surface area contributed by atoms with Crippen LogP contribution in [0.2, 0.25) is 0 Å². The van der Waals surface area contributed by atoms with Crippen LogP contribution in [0.3, 0.4) is 0 Å². The molecule has 0 aliphatic heterocycles. The summed E-state index contributed by atoms with van der Waals surface area (Å²) in [6, 6.07) is 21.2. The molecule has 3 amide bonds. The summed E-state index contributed by atoms with van der Waals surface area (Å²) in [6.07, 6.45) is 8.30. The molecule has 2 aliphatic rings. The molecular weight excluding hydrogens is 642 g/mol. The molecule has 0 bridgehead atoms. The standard InChI is InChI=1S/C41H45N5O5/c1-25-31-23-29(17-19-32(31)43-36(25)39(49)50)42-40(51)41(20-10-11-21-41)44-38(48)28-16-18-30-33(22-28)46(24-34(47)45(2)3)37(27-14-8-5-9-15-27)35(30)26-12-6-4-7-13-26/h5,8-9,14-19,22-23,26,43H,4,6-7,10-13,20-21,24H2,1-3H3,(H,42,51)(H,44,48)(H,49,50). The minimum atomic E-state index is -1.11. The zero-order valence-corrected chi connectivity index (χ0v) is 29.5. The van der Waals surface area contributed by atoms with Gasteiger partial charge in [-0.2, -0.15) is 0 Å². The number of likely N-dealkylation sites (N-methyl/N-ethyl adjacent to an activating group) is 1. The van der Waals surface area contributed by atoms with Crippen molar-refractivity contribution in [3.63, 3.8) is 0 Å². The second-order valence-electron chi connectivity index (χ2n) is 14.5. The lowest BCUT2D eigenvalue weighted by Gasteiger charge is -2.29. The Labute approximate surface area is 297 Å². The monoisotopic (exact) mass is 687 g/mol. The molecule has 7 rings (SSSR count). The van der Waals surface area contributed by atoms with Crippen LogP contribution in [0.25, 0.3) is 33.1 Å². The van der Waals surface area contributed by atoms with Crippen molar-refractivity contribution in [1.82, 2.24) is 19.8 Å². The highest BCUT2D eigenvalue weighted by Gasteiger charge is 2.43. The number of nitrogens with zero attached hydrogens (tertiary/aromatic N) is 2. The Bertz CT molecular complexity index is 2150. The predicted molar refractivity (Wildman–Crippen MR) is 199 cm³/mol. The smallest absolute Gasteiger partial charge is 0.352 e. The highest BCUT2D eigenvalue weighted by molar-refractivity contribution is 6.07. The number of benzene rings is 3. The molecule has 4 N–H and O–H groups in total. The van der Waals surface area contributed by atoms with Crippen molar-refractivity contribution in [1.29, 1.82) is 0 Å². The van der Waals surface area contributed by atoms with Crippen LogP contribution in [0.15, 0.2) is 66.7 Å². The summed E-state index contributed by atoms with van der Waals surface area (Å²) in [6.45, 7) is 1.87. The quantitative estimate of drug-likeness (QED) is 0.126. The molecule has 264 valence electrons. The van der Waals surface area contributed by atoms with Crippen molar-refractivity contribution in [2.75, 3.05) is 19.4 Å². The highest BCUT2D eigenvalue weighted by Crippen LogP contribution is 2.44. The molecule has 0 unspecified atom stereocenters. The van der Waals surface area contributed by atoms with Gasteiger partial charge in [0, 0.05) is 41.6 Å². The molecule has 0 atom stereocenters. The first-order chi connectivity index (χ1) is 24.6. The second kappa shape index (κ2) is 13.7. The molecule has 0 saturated heterocycles. The number of carboxylic acid groups (broad SMARTS) is 1. The van der Waals surface area contributed by atoms with Crippen molar-refractivity contribution >= 4 is 51.2 Å². The van der Waals surface area contributed by atoms with Gasteiger partial charge in [0.15, 0.2) is 0 Å². The number of H-pyrrole nitrogens is 1. The van der Waals surface area contributed by atoms with Crippen LogP contribution in [-0.4, -0.2) is 62.9 Å². The molecule has 2 heterocycles. The maximum Gasteiger partial charge on any atom is 0.352 e. The maximum atomic E-state index is 14.2. The SMILES string of the molecule is Cc1c(C(=O)O)[nH]c2ccc(NC(=O)C3(NC(=O)c4ccc5c(C6CCCCC6)c(-c6ccccc6)n(CC(=O)N(C)C)c5c4)CCCC3)cc12. The minimum absolute atomic E-state index is 0.0390. The van der Waals surface area contributed by atoms with Gasteiger partial charge in [-0.15, -0.1) is 0 Å². The molecule has 3 aromatic carbocycles. The minimum Gasteiger partial charge on any atom is -0.477 e. The summed E-state index contributed by atoms with van der Waals surface area (Å²) >= 11 is 0. The molecule has 2 fully saturated rings. The van der Waals surface area contributed by atoms with Gasteiger partial charge in [0.25, 0.3) is 5.91 Å². The first-order valence-electron chi connectivity index (χ1n) is 18.0. The van der Waals surface area contributed by atoms with Crippen molar-refractivity contribution in [3.05, 3.63) is 89.1 Å². The van der Waals surface area contributed by atoms with Crippen molar-refractivity contribution in [2.45, 2.75) is 82.7 Å². The third kappa shape index (κ3) is 6.39. The number of hydrogen-bond donors (Lipinski definition) is 4. The van der Waals surface area contributed by atoms with Crippen LogP contribution in [-0.2, 0) is 16.1 Å². The largest absolute Gasteiger partial charge is 0.477 e. The number of aromatic nitrogens is 2. The van der Waals surface area contributed by atoms with E-state index < -0.39 is 11.5 Å². The van der Waals surface area contributed by atoms with Gasteiger partial charge in [-0.1, -0.05) is 68.5 Å². The number of aromatic carboxylic acids is 1. The number of fused-ring (bicyclic) bond motifs is 2. The van der Waals surface area contributed by atoms with Crippen LogP contribution < -0.4 is 10.6 Å². The van der Waals surface area contributed by atoms with Crippen LogP contribution in [0, 0.1) is 6.92 Å². The van der Waals surface area contributed by atoms with E-state index in [1.54, 1.807) is 44.1 Å². The molecule has 2 aromatic heterocycles. The summed E-state index contributed by atoms with van der Waals surface area (Å²) in [5.41, 5.74) is 5.37. The summed E-state index contributed by atoms with van der Waals surface area (Å²) in [5.74, 6) is -1.38. The summed E-state index contributed by atoms with van der Waals surface area (Å²) in [4.78, 5) is 57.6. The average Bonchev–Trinajstić information content (AvgIpc) is 3.83. The van der Waals surface area contributed by atoms with Crippen molar-refractivity contribution in [2.24, 2.45) is 0 Å². The van der Waals surface area contributed by atoms with Gasteiger partial charge in [0.05, 0.1) is 11.2 Å². The molecule has 2 saturated carbocycles. The predicted octanol–water partition coefficient (Wildman–Crippen LogP) is 7.61. The molecule has 0 radical (unpaired) electrons. The third-order valence-corrected chi connectivity index (χ3v) is 11.0. The van der Waals surface area contributed by atoms with E-state index in [9.17, 15) is 24.3 Å². The fraction of sp³-hybridized carbons (Fsp3) is 0.366. The molecule has 10 heteroatoms. The highest BCUT2D eigenvalue weighted by atomic mass is 16.4. The first-order valence-corrected chi connectivity index (χ1v) is 18.0. The van der Waals surface area contributed by atoms with Crippen LogP contribution in [0.4, 0.5) is 5.69 Å². The molecule has 2 aliphatic carbocycles. The van der Waals surface area contributed by atoms with Gasteiger partial charge in [-0.3, -0.25) is 14.4 Å². The Morgan fingerprint density at radius 2 is 1.63 bits per heavy atom. The number of carbonyl (C=O) groups is 4. The molecule has 0 spiro atoms. The van der Waals surface area contributed by atoms with Crippen LogP contribution in [0.1, 0.15) is 95.7 Å². The fourth-order valence-electron chi connectivity index (χ4n) is 8.22. The zero-order chi connectivity index (χ0) is 35.9. The van der Waals surface area contributed by atoms with E-state index in [1.807, 2.05) is 36.4 Å². The number of rotatable bonds is 9. The topological polar surface area (TPSA) is 137 Å². The Balaban J connectivity index is 1.24. The number of carbonyl (C=O) groups excluding carboxylic acids is 3. The fourth-order valence-corrected chi connectivity index (χ4v) is 8.22. The van der Waals surface area contributed by atoms with Gasteiger partial charge in [-0.05, 0) is 85.5 Å². The van der Waals surface area contributed by atoms with Gasteiger partial charge < -0.3 is 30.2 Å². The van der Waals surface area contributed by atoms with Gasteiger partial charge in [0.2, 0.25) is 11.8 Å². The number of nitrogens with one attached hydrogen (secondary N) is 3. The number of aryl methyl sites for hydroxylation is 1. The molecule has 51 heavy (non-hydrogen) atoms. The number of carboxylic acids is 1. The number of hydrogen-bond acceptors (Lipinski definition) is 4. The van der Waals surface area contributed by atoms with Crippen molar-refractivity contribution in [3.8, 4) is 11.3 Å². The maximum absolute atomic E-state index is 14.2. The van der Waals surface area contributed by atoms with E-state index in [0.29, 0.717) is 46.5 Å². The summed E-state index contributed by atoms with van der Waals surface area (Å²) in [7, 11) is 3.52. The molecule has 5 aromatic rings. The Morgan fingerprint density at radius 1 is 0.902 bits per heavy atom. The third-order valence-electron chi connectivity index (χ3n) is 11.0. The second-order valence-corrected chi connectivity index (χ2v) is 14.5. The lowest BCUT2D eigenvalue weighted by molar-refractivity contribution is -0.129. The summed E-state index contributed by atoms with van der Waals surface area (Å²) in [5, 5.41) is 17.5. The van der Waals surface area contributed by atoms with Gasteiger partial charge in [-0.25, -0.2) is 4.79 Å². The Morgan fingerprint density at radius 3 is 2.31 bits per heavy atom. The van der Waals surface area contributed by atoms with Gasteiger partial charge in [0.1, 0.15) is 17.8 Å². The first kappa shape index (κ1) is 34.1.